The summed E-state index contributed by atoms with van der Waals surface area (Å²) in [4.78, 5) is 10.9. The molecule has 0 radical (unpaired) electrons. The van der Waals surface area contributed by atoms with Crippen molar-refractivity contribution in [1.82, 2.24) is 0 Å². The average Bonchev–Trinajstić information content (AvgIpc) is 2.00. The number of rotatable bonds is 5. The number of carbonyl (C=O) groups excluding carboxylic acids is 1. The van der Waals surface area contributed by atoms with E-state index in [0.717, 1.165) is 0 Å². The van der Waals surface area contributed by atoms with E-state index in [0.29, 0.717) is 12.4 Å². The lowest BCUT2D eigenvalue weighted by molar-refractivity contribution is -0.151. The Kier molecular flexibility index (Phi) is 5.74. The van der Waals surface area contributed by atoms with Crippen molar-refractivity contribution in [2.45, 2.75) is 13.0 Å². The van der Waals surface area contributed by atoms with Crippen molar-refractivity contribution in [3.8, 4) is 0 Å². The first-order valence-electron chi connectivity index (χ1n) is 3.30. The van der Waals surface area contributed by atoms with Crippen LogP contribution in [-0.2, 0) is 14.3 Å². The van der Waals surface area contributed by atoms with Crippen molar-refractivity contribution >= 4 is 18.6 Å². The minimum atomic E-state index is -0.629. The number of thiol groups is 1. The fraction of sp³-hybridized carbons (Fsp3) is 0.571. The lowest BCUT2D eigenvalue weighted by Crippen LogP contribution is -2.26. The minimum Gasteiger partial charge on any atom is -0.486 e. The summed E-state index contributed by atoms with van der Waals surface area (Å²) < 4.78 is 9.51. The van der Waals surface area contributed by atoms with Crippen LogP contribution >= 0.6 is 12.6 Å². The van der Waals surface area contributed by atoms with Gasteiger partial charge in [0.15, 0.2) is 0 Å². The van der Waals surface area contributed by atoms with Gasteiger partial charge >= 0.3 is 5.97 Å². The van der Waals surface area contributed by atoms with Crippen LogP contribution in [0.25, 0.3) is 0 Å². The molecule has 0 aliphatic heterocycles. The van der Waals surface area contributed by atoms with E-state index in [-0.39, 0.29) is 0 Å². The van der Waals surface area contributed by atoms with E-state index in [1.54, 1.807) is 6.92 Å². The molecule has 0 saturated carbocycles. The average molecular weight is 176 g/mol. The van der Waals surface area contributed by atoms with Gasteiger partial charge in [0, 0.05) is 5.75 Å². The third-order valence-corrected chi connectivity index (χ3v) is 1.31. The van der Waals surface area contributed by atoms with Gasteiger partial charge in [-0.15, -0.1) is 0 Å². The predicted molar refractivity (Wildman–Crippen MR) is 45.6 cm³/mol. The van der Waals surface area contributed by atoms with Crippen LogP contribution < -0.4 is 0 Å². The van der Waals surface area contributed by atoms with Gasteiger partial charge in [-0.1, -0.05) is 6.58 Å². The maximum absolute atomic E-state index is 10.9. The van der Waals surface area contributed by atoms with E-state index < -0.39 is 12.1 Å². The summed E-state index contributed by atoms with van der Waals surface area (Å²) in [5.41, 5.74) is 0. The van der Waals surface area contributed by atoms with Gasteiger partial charge in [-0.25, -0.2) is 4.79 Å². The number of ether oxygens (including phenoxy) is 2. The van der Waals surface area contributed by atoms with Crippen LogP contribution in [-0.4, -0.2) is 24.4 Å². The Morgan fingerprint density at radius 2 is 2.45 bits per heavy atom. The summed E-state index contributed by atoms with van der Waals surface area (Å²) in [6.45, 7) is 5.42. The van der Waals surface area contributed by atoms with Crippen molar-refractivity contribution < 1.29 is 14.3 Å². The quantitative estimate of drug-likeness (QED) is 0.386. The third kappa shape index (κ3) is 3.93. The molecule has 0 aliphatic carbocycles. The lowest BCUT2D eigenvalue weighted by atomic mass is 10.4. The molecule has 4 heteroatoms. The maximum atomic E-state index is 10.9. The number of hydrogen-bond donors (Lipinski definition) is 1. The molecule has 0 rings (SSSR count). The zero-order valence-corrected chi connectivity index (χ0v) is 7.34. The summed E-state index contributed by atoms with van der Waals surface area (Å²) in [5.74, 6) is -0.104. The van der Waals surface area contributed by atoms with Crippen LogP contribution in [0.5, 0.6) is 0 Å². The molecular formula is C7H12O3S. The molecule has 0 fully saturated rings. The van der Waals surface area contributed by atoms with E-state index in [2.05, 4.69) is 23.9 Å². The zero-order chi connectivity index (χ0) is 8.69. The summed E-state index contributed by atoms with van der Waals surface area (Å²) in [6.07, 6.45) is 0.577. The molecular weight excluding hydrogens is 164 g/mol. The Labute approximate surface area is 71.8 Å². The molecule has 0 bridgehead atoms. The molecule has 0 aliphatic rings. The lowest BCUT2D eigenvalue weighted by Gasteiger charge is -2.11. The molecule has 1 unspecified atom stereocenters. The number of hydrogen-bond acceptors (Lipinski definition) is 4. The zero-order valence-electron chi connectivity index (χ0n) is 6.45. The summed E-state index contributed by atoms with van der Waals surface area (Å²) in [6, 6.07) is 0. The van der Waals surface area contributed by atoms with Crippen LogP contribution in [0, 0.1) is 0 Å². The molecule has 11 heavy (non-hydrogen) atoms. The molecule has 64 valence electrons. The van der Waals surface area contributed by atoms with E-state index in [1.165, 1.54) is 6.26 Å². The van der Waals surface area contributed by atoms with E-state index in [9.17, 15) is 4.79 Å². The molecule has 1 atom stereocenters. The highest BCUT2D eigenvalue weighted by molar-refractivity contribution is 7.80. The van der Waals surface area contributed by atoms with Gasteiger partial charge in [0.1, 0.15) is 0 Å². The molecule has 0 amide bonds. The summed E-state index contributed by atoms with van der Waals surface area (Å²) in [5, 5.41) is 0. The van der Waals surface area contributed by atoms with Gasteiger partial charge in [0.2, 0.25) is 6.10 Å². The van der Waals surface area contributed by atoms with Gasteiger partial charge in [-0.3, -0.25) is 0 Å². The van der Waals surface area contributed by atoms with Crippen molar-refractivity contribution in [3.05, 3.63) is 12.8 Å². The van der Waals surface area contributed by atoms with Crippen LogP contribution in [0.1, 0.15) is 6.92 Å². The largest absolute Gasteiger partial charge is 0.486 e. The predicted octanol–water partition coefficient (Wildman–Crippen LogP) is 1.01. The van der Waals surface area contributed by atoms with Crippen LogP contribution in [0.3, 0.4) is 0 Å². The first-order chi connectivity index (χ1) is 5.26. The van der Waals surface area contributed by atoms with Gasteiger partial charge in [0.25, 0.3) is 0 Å². The Bertz CT molecular complexity index is 136. The highest BCUT2D eigenvalue weighted by Gasteiger charge is 2.17. The van der Waals surface area contributed by atoms with Crippen molar-refractivity contribution in [2.24, 2.45) is 0 Å². The third-order valence-electron chi connectivity index (χ3n) is 0.976. The Morgan fingerprint density at radius 3 is 2.82 bits per heavy atom. The maximum Gasteiger partial charge on any atom is 0.348 e. The molecule has 0 aromatic heterocycles. The smallest absolute Gasteiger partial charge is 0.348 e. The number of esters is 1. The van der Waals surface area contributed by atoms with Crippen LogP contribution in [0.4, 0.5) is 0 Å². The molecule has 0 aromatic rings. The van der Waals surface area contributed by atoms with Crippen molar-refractivity contribution in [1.29, 1.82) is 0 Å². The van der Waals surface area contributed by atoms with Gasteiger partial charge < -0.3 is 9.47 Å². The highest BCUT2D eigenvalue weighted by Crippen LogP contribution is 1.98. The Hall–Kier alpha value is -0.640. The summed E-state index contributed by atoms with van der Waals surface area (Å²) >= 11 is 3.91. The first-order valence-corrected chi connectivity index (χ1v) is 3.93. The summed E-state index contributed by atoms with van der Waals surface area (Å²) in [7, 11) is 0. The topological polar surface area (TPSA) is 35.5 Å². The van der Waals surface area contributed by atoms with Crippen LogP contribution in [0.15, 0.2) is 12.8 Å². The van der Waals surface area contributed by atoms with Crippen molar-refractivity contribution in [3.63, 3.8) is 0 Å². The van der Waals surface area contributed by atoms with Crippen LogP contribution in [0.2, 0.25) is 0 Å². The molecule has 0 aromatic carbocycles. The van der Waals surface area contributed by atoms with Gasteiger partial charge in [-0.2, -0.15) is 12.6 Å². The van der Waals surface area contributed by atoms with Crippen molar-refractivity contribution in [2.75, 3.05) is 12.4 Å². The number of carbonyl (C=O) groups is 1. The molecule has 0 heterocycles. The fourth-order valence-electron chi connectivity index (χ4n) is 0.524. The van der Waals surface area contributed by atoms with E-state index in [1.807, 2.05) is 0 Å². The second kappa shape index (κ2) is 6.09. The van der Waals surface area contributed by atoms with Gasteiger partial charge in [-0.05, 0) is 6.92 Å². The second-order valence-corrected chi connectivity index (χ2v) is 2.09. The highest BCUT2D eigenvalue weighted by atomic mass is 32.1. The standard InChI is InChI=1S/C7H12O3S/c1-3-9-6(5-11)7(8)10-4-2/h3,6,11H,1,4-5H2,2H3. The fourth-order valence-corrected chi connectivity index (χ4v) is 0.760. The Morgan fingerprint density at radius 1 is 1.82 bits per heavy atom. The first kappa shape index (κ1) is 10.4. The van der Waals surface area contributed by atoms with Gasteiger partial charge in [0.05, 0.1) is 12.9 Å². The molecule has 0 N–H and O–H groups in total. The monoisotopic (exact) mass is 176 g/mol. The molecule has 0 saturated heterocycles. The second-order valence-electron chi connectivity index (χ2n) is 1.73. The van der Waals surface area contributed by atoms with E-state index >= 15 is 0 Å². The normalized spacial score (nSPS) is 11.8. The molecule has 3 nitrogen and oxygen atoms in total. The minimum absolute atomic E-state index is 0.296. The van der Waals surface area contributed by atoms with E-state index in [4.69, 9.17) is 4.74 Å². The molecule has 0 spiro atoms. The SMILES string of the molecule is C=COC(CS)C(=O)OCC. The Balaban J connectivity index is 3.80.